The SMILES string of the molecule is COc1ccc(CN2CCN(C(=O)C[C@@](C)(O)C(F)(F)F)CC2)cc1OC. The fraction of sp³-hybridized carbons (Fsp3) is 0.611. The fourth-order valence-electron chi connectivity index (χ4n) is 2.90. The summed E-state index contributed by atoms with van der Waals surface area (Å²) in [5.41, 5.74) is -2.01. The number of nitrogens with zero attached hydrogens (tertiary/aromatic N) is 2. The lowest BCUT2D eigenvalue weighted by atomic mass is 10.0. The van der Waals surface area contributed by atoms with Gasteiger partial charge in [-0.15, -0.1) is 0 Å². The van der Waals surface area contributed by atoms with E-state index < -0.39 is 24.1 Å². The van der Waals surface area contributed by atoms with Crippen LogP contribution in [0.1, 0.15) is 18.9 Å². The summed E-state index contributed by atoms with van der Waals surface area (Å²) in [4.78, 5) is 15.6. The molecule has 0 spiro atoms. The minimum atomic E-state index is -4.84. The number of carbonyl (C=O) groups is 1. The molecule has 2 rings (SSSR count). The summed E-state index contributed by atoms with van der Waals surface area (Å²) in [5, 5.41) is 9.49. The van der Waals surface area contributed by atoms with Gasteiger partial charge in [0.05, 0.1) is 20.6 Å². The number of aliphatic hydroxyl groups is 1. The van der Waals surface area contributed by atoms with E-state index >= 15 is 0 Å². The Morgan fingerprint density at radius 2 is 1.70 bits per heavy atom. The third kappa shape index (κ3) is 5.26. The first-order valence-electron chi connectivity index (χ1n) is 8.57. The Hall–Kier alpha value is -2.00. The highest BCUT2D eigenvalue weighted by Crippen LogP contribution is 2.33. The molecule has 0 radical (unpaired) electrons. The molecule has 27 heavy (non-hydrogen) atoms. The molecule has 0 saturated carbocycles. The summed E-state index contributed by atoms with van der Waals surface area (Å²) in [6.45, 7) is 2.96. The minimum Gasteiger partial charge on any atom is -0.493 e. The number of carbonyl (C=O) groups excluding carboxylic acids is 1. The second-order valence-corrected chi connectivity index (χ2v) is 6.79. The van der Waals surface area contributed by atoms with Crippen LogP contribution >= 0.6 is 0 Å². The van der Waals surface area contributed by atoms with Crippen LogP contribution in [0.25, 0.3) is 0 Å². The Bertz CT molecular complexity index is 656. The number of halogens is 3. The first kappa shape index (κ1) is 21.3. The van der Waals surface area contributed by atoms with Gasteiger partial charge in [0.15, 0.2) is 17.1 Å². The molecule has 1 aliphatic rings. The number of amides is 1. The summed E-state index contributed by atoms with van der Waals surface area (Å²) < 4.78 is 48.7. The lowest BCUT2D eigenvalue weighted by molar-refractivity contribution is -0.254. The van der Waals surface area contributed by atoms with Gasteiger partial charge in [-0.1, -0.05) is 6.07 Å². The van der Waals surface area contributed by atoms with Crippen molar-refractivity contribution < 1.29 is 32.5 Å². The van der Waals surface area contributed by atoms with E-state index in [0.717, 1.165) is 5.56 Å². The quantitative estimate of drug-likeness (QED) is 0.806. The Morgan fingerprint density at radius 3 is 2.22 bits per heavy atom. The van der Waals surface area contributed by atoms with E-state index in [1.54, 1.807) is 14.2 Å². The number of hydrogen-bond donors (Lipinski definition) is 1. The minimum absolute atomic E-state index is 0.320. The average Bonchev–Trinajstić information content (AvgIpc) is 2.60. The number of ether oxygens (including phenoxy) is 2. The zero-order chi connectivity index (χ0) is 20.2. The van der Waals surface area contributed by atoms with Crippen molar-refractivity contribution in [3.05, 3.63) is 23.8 Å². The molecule has 1 aliphatic heterocycles. The van der Waals surface area contributed by atoms with E-state index in [-0.39, 0.29) is 0 Å². The maximum atomic E-state index is 12.7. The van der Waals surface area contributed by atoms with Gasteiger partial charge in [-0.25, -0.2) is 0 Å². The summed E-state index contributed by atoms with van der Waals surface area (Å²) in [5.74, 6) is 0.565. The van der Waals surface area contributed by atoms with Crippen molar-refractivity contribution in [1.29, 1.82) is 0 Å². The fourth-order valence-corrected chi connectivity index (χ4v) is 2.90. The van der Waals surface area contributed by atoms with Gasteiger partial charge in [0, 0.05) is 32.7 Å². The molecule has 1 atom stereocenters. The molecule has 1 fully saturated rings. The molecule has 1 heterocycles. The van der Waals surface area contributed by atoms with Gasteiger partial charge in [-0.2, -0.15) is 13.2 Å². The van der Waals surface area contributed by atoms with Gasteiger partial charge in [0.25, 0.3) is 0 Å². The van der Waals surface area contributed by atoms with Crippen LogP contribution in [-0.2, 0) is 11.3 Å². The number of methoxy groups -OCH3 is 2. The smallest absolute Gasteiger partial charge is 0.417 e. The van der Waals surface area contributed by atoms with Crippen LogP contribution in [0.15, 0.2) is 18.2 Å². The maximum absolute atomic E-state index is 12.7. The van der Waals surface area contributed by atoms with Crippen LogP contribution in [0.4, 0.5) is 13.2 Å². The van der Waals surface area contributed by atoms with E-state index in [0.29, 0.717) is 51.1 Å². The predicted molar refractivity (Wildman–Crippen MR) is 92.7 cm³/mol. The van der Waals surface area contributed by atoms with Crippen molar-refractivity contribution >= 4 is 5.91 Å². The van der Waals surface area contributed by atoms with E-state index in [2.05, 4.69) is 4.90 Å². The Labute approximate surface area is 156 Å². The van der Waals surface area contributed by atoms with E-state index in [4.69, 9.17) is 9.47 Å². The summed E-state index contributed by atoms with van der Waals surface area (Å²) >= 11 is 0. The van der Waals surface area contributed by atoms with Crippen molar-refractivity contribution in [1.82, 2.24) is 9.80 Å². The zero-order valence-electron chi connectivity index (χ0n) is 15.7. The standard InChI is InChI=1S/C18H25F3N2O4/c1-17(25,18(19,20)21)11-16(24)23-8-6-22(7-9-23)12-13-4-5-14(26-2)15(10-13)27-3/h4-5,10,25H,6-9,11-12H2,1-3H3/t17-/m1/s1. The van der Waals surface area contributed by atoms with Crippen molar-refractivity contribution in [2.24, 2.45) is 0 Å². The van der Waals surface area contributed by atoms with Crippen LogP contribution in [0.5, 0.6) is 11.5 Å². The van der Waals surface area contributed by atoms with Gasteiger partial charge in [0.2, 0.25) is 5.91 Å². The topological polar surface area (TPSA) is 62.2 Å². The molecular weight excluding hydrogens is 365 g/mol. The molecule has 1 saturated heterocycles. The second kappa shape index (κ2) is 8.35. The van der Waals surface area contributed by atoms with Gasteiger partial charge < -0.3 is 19.5 Å². The van der Waals surface area contributed by atoms with Crippen LogP contribution in [0, 0.1) is 0 Å². The van der Waals surface area contributed by atoms with E-state index in [1.807, 2.05) is 18.2 Å². The van der Waals surface area contributed by atoms with Crippen LogP contribution in [0.2, 0.25) is 0 Å². The molecule has 6 nitrogen and oxygen atoms in total. The molecule has 0 aliphatic carbocycles. The molecule has 1 amide bonds. The molecular formula is C18H25F3N2O4. The van der Waals surface area contributed by atoms with Crippen LogP contribution < -0.4 is 9.47 Å². The van der Waals surface area contributed by atoms with Gasteiger partial charge in [0.1, 0.15) is 0 Å². The van der Waals surface area contributed by atoms with Crippen molar-refractivity contribution in [2.45, 2.75) is 31.7 Å². The van der Waals surface area contributed by atoms with Crippen LogP contribution in [0.3, 0.4) is 0 Å². The lowest BCUT2D eigenvalue weighted by Crippen LogP contribution is -2.52. The van der Waals surface area contributed by atoms with E-state index in [1.165, 1.54) is 4.90 Å². The van der Waals surface area contributed by atoms with Gasteiger partial charge in [-0.05, 0) is 24.6 Å². The highest BCUT2D eigenvalue weighted by molar-refractivity contribution is 5.77. The number of hydrogen-bond acceptors (Lipinski definition) is 5. The highest BCUT2D eigenvalue weighted by Gasteiger charge is 2.51. The molecule has 0 bridgehead atoms. The third-order valence-corrected chi connectivity index (χ3v) is 4.69. The van der Waals surface area contributed by atoms with Gasteiger partial charge in [-0.3, -0.25) is 9.69 Å². The average molecular weight is 390 g/mol. The number of rotatable bonds is 6. The highest BCUT2D eigenvalue weighted by atomic mass is 19.4. The molecule has 1 N–H and O–H groups in total. The normalized spacial score (nSPS) is 18.1. The van der Waals surface area contributed by atoms with Crippen molar-refractivity contribution in [3.8, 4) is 11.5 Å². The maximum Gasteiger partial charge on any atom is 0.417 e. The largest absolute Gasteiger partial charge is 0.493 e. The Kier molecular flexibility index (Phi) is 6.59. The summed E-state index contributed by atoms with van der Waals surface area (Å²) in [6, 6.07) is 5.60. The van der Waals surface area contributed by atoms with Gasteiger partial charge >= 0.3 is 6.18 Å². The first-order valence-corrected chi connectivity index (χ1v) is 8.57. The predicted octanol–water partition coefficient (Wildman–Crippen LogP) is 2.05. The molecule has 0 aromatic heterocycles. The molecule has 1 aromatic rings. The van der Waals surface area contributed by atoms with Crippen molar-refractivity contribution in [2.75, 3.05) is 40.4 Å². The lowest BCUT2D eigenvalue weighted by Gasteiger charge is -2.36. The van der Waals surface area contributed by atoms with Crippen LogP contribution in [-0.4, -0.2) is 73.0 Å². The zero-order valence-corrected chi connectivity index (χ0v) is 15.7. The molecule has 1 aromatic carbocycles. The van der Waals surface area contributed by atoms with Crippen molar-refractivity contribution in [3.63, 3.8) is 0 Å². The Balaban J connectivity index is 1.89. The third-order valence-electron chi connectivity index (χ3n) is 4.69. The monoisotopic (exact) mass is 390 g/mol. The molecule has 0 unspecified atom stereocenters. The summed E-state index contributed by atoms with van der Waals surface area (Å²) in [6.07, 6.45) is -5.80. The second-order valence-electron chi connectivity index (χ2n) is 6.79. The number of piperazine rings is 1. The number of alkyl halides is 3. The Morgan fingerprint density at radius 1 is 1.11 bits per heavy atom. The molecule has 152 valence electrons. The number of benzene rings is 1. The van der Waals surface area contributed by atoms with E-state index in [9.17, 15) is 23.1 Å². The summed E-state index contributed by atoms with van der Waals surface area (Å²) in [7, 11) is 3.12. The molecule has 9 heteroatoms. The first-order chi connectivity index (χ1) is 12.6.